The molecule has 3 aromatic carbocycles. The third kappa shape index (κ3) is 4.81. The molecule has 1 atom stereocenters. The number of aromatic nitrogens is 1. The summed E-state index contributed by atoms with van der Waals surface area (Å²) in [5.74, 6) is 0.179. The van der Waals surface area contributed by atoms with Crippen LogP contribution in [0.25, 0.3) is 10.9 Å². The molecule has 2 aromatic heterocycles. The fourth-order valence-corrected chi connectivity index (χ4v) is 4.14. The minimum atomic E-state index is 0. The van der Waals surface area contributed by atoms with Crippen molar-refractivity contribution in [2.45, 2.75) is 5.92 Å². The molecule has 5 aromatic rings. The van der Waals surface area contributed by atoms with Crippen molar-refractivity contribution in [2.24, 2.45) is 0 Å². The molecule has 0 radical (unpaired) electrons. The Morgan fingerprint density at radius 2 is 1.68 bits per heavy atom. The predicted molar refractivity (Wildman–Crippen MR) is 116 cm³/mol. The van der Waals surface area contributed by atoms with Gasteiger partial charge >= 0.3 is 17.1 Å². The zero-order valence-electron chi connectivity index (χ0n) is 15.0. The Kier molecular flexibility index (Phi) is 7.24. The Hall–Kier alpha value is -2.16. The summed E-state index contributed by atoms with van der Waals surface area (Å²) in [6.45, 7) is 0. The SMILES string of the molecule is Clc1ccc2ccc(C(c3cccs3)[c-]3cccc3)nc2c1.[Fe+2].c1cc[cH-]c1. The summed E-state index contributed by atoms with van der Waals surface area (Å²) in [5, 5.41) is 3.95. The van der Waals surface area contributed by atoms with Crippen molar-refractivity contribution in [3.8, 4) is 0 Å². The molecule has 1 nitrogen and oxygen atoms in total. The second-order valence-electron chi connectivity index (χ2n) is 6.20. The molecule has 5 rings (SSSR count). The van der Waals surface area contributed by atoms with Crippen LogP contribution < -0.4 is 0 Å². The smallest absolute Gasteiger partial charge is 0.253 e. The van der Waals surface area contributed by atoms with E-state index < -0.39 is 0 Å². The molecule has 0 aliphatic carbocycles. The van der Waals surface area contributed by atoms with Gasteiger partial charge in [0.25, 0.3) is 0 Å². The molecule has 1 unspecified atom stereocenters. The maximum Gasteiger partial charge on any atom is 2.00 e. The zero-order chi connectivity index (χ0) is 18.5. The van der Waals surface area contributed by atoms with Crippen LogP contribution in [-0.2, 0) is 17.1 Å². The standard InChI is InChI=1S/C19H13ClNS.C5H5.Fe/c20-15-9-7-13-8-10-16(21-17(13)12-15)19(14-4-1-2-5-14)18-6-3-11-22-18;1-2-4-5-3-1;/h1-12,19H;1-5H;/q2*-1;+2. The molecule has 0 amide bonds. The molecule has 28 heavy (non-hydrogen) atoms. The molecule has 4 heteroatoms. The summed E-state index contributed by atoms with van der Waals surface area (Å²) in [7, 11) is 0. The molecular formula is C24H18ClFeNS. The first kappa shape index (κ1) is 20.6. The number of rotatable bonds is 3. The van der Waals surface area contributed by atoms with Gasteiger partial charge < -0.3 is 0 Å². The predicted octanol–water partition coefficient (Wildman–Crippen LogP) is 7.25. The number of fused-ring (bicyclic) bond motifs is 1. The van der Waals surface area contributed by atoms with Gasteiger partial charge in [-0.05, 0) is 29.6 Å². The van der Waals surface area contributed by atoms with Crippen molar-refractivity contribution in [3.63, 3.8) is 0 Å². The van der Waals surface area contributed by atoms with E-state index in [9.17, 15) is 0 Å². The number of pyridine rings is 1. The van der Waals surface area contributed by atoms with Crippen molar-refractivity contribution < 1.29 is 17.1 Å². The average Bonchev–Trinajstić information content (AvgIpc) is 3.46. The first-order valence-corrected chi connectivity index (χ1v) is 10.0. The maximum absolute atomic E-state index is 6.11. The molecule has 0 fully saturated rings. The van der Waals surface area contributed by atoms with E-state index in [0.29, 0.717) is 0 Å². The summed E-state index contributed by atoms with van der Waals surface area (Å²) in [5.41, 5.74) is 3.28. The number of hydrogen-bond acceptors (Lipinski definition) is 2. The van der Waals surface area contributed by atoms with E-state index in [1.54, 1.807) is 11.3 Å². The molecule has 2 heterocycles. The molecule has 0 aliphatic heterocycles. The van der Waals surface area contributed by atoms with Crippen molar-refractivity contribution >= 4 is 33.8 Å². The van der Waals surface area contributed by atoms with E-state index in [0.717, 1.165) is 21.6 Å². The monoisotopic (exact) mass is 443 g/mol. The first-order valence-electron chi connectivity index (χ1n) is 8.79. The zero-order valence-corrected chi connectivity index (χ0v) is 17.7. The third-order valence-electron chi connectivity index (χ3n) is 4.38. The van der Waals surface area contributed by atoms with Crippen LogP contribution in [0.15, 0.2) is 102 Å². The van der Waals surface area contributed by atoms with Crippen LogP contribution in [0.4, 0.5) is 0 Å². The summed E-state index contributed by atoms with van der Waals surface area (Å²) < 4.78 is 0. The van der Waals surface area contributed by atoms with Crippen LogP contribution in [-0.4, -0.2) is 4.98 Å². The first-order chi connectivity index (χ1) is 13.3. The topological polar surface area (TPSA) is 12.9 Å². The van der Waals surface area contributed by atoms with Gasteiger partial charge in [0, 0.05) is 26.9 Å². The van der Waals surface area contributed by atoms with E-state index in [2.05, 4.69) is 53.9 Å². The Morgan fingerprint density at radius 3 is 2.32 bits per heavy atom. The Balaban J connectivity index is 0.000000329. The van der Waals surface area contributed by atoms with E-state index >= 15 is 0 Å². The van der Waals surface area contributed by atoms with Crippen LogP contribution in [0, 0.1) is 0 Å². The fourth-order valence-electron chi connectivity index (χ4n) is 3.11. The van der Waals surface area contributed by atoms with Crippen LogP contribution >= 0.6 is 22.9 Å². The van der Waals surface area contributed by atoms with Crippen LogP contribution in [0.1, 0.15) is 22.1 Å². The van der Waals surface area contributed by atoms with Gasteiger partial charge in [-0.25, -0.2) is 24.3 Å². The van der Waals surface area contributed by atoms with E-state index in [4.69, 9.17) is 16.6 Å². The number of thiophene rings is 1. The van der Waals surface area contributed by atoms with E-state index in [1.165, 1.54) is 10.4 Å². The van der Waals surface area contributed by atoms with Gasteiger partial charge in [-0.2, -0.15) is 30.3 Å². The van der Waals surface area contributed by atoms with E-state index in [-0.39, 0.29) is 23.0 Å². The molecule has 0 spiro atoms. The van der Waals surface area contributed by atoms with Crippen LogP contribution in [0.3, 0.4) is 0 Å². The summed E-state index contributed by atoms with van der Waals surface area (Å²) in [4.78, 5) is 6.18. The second-order valence-corrected chi connectivity index (χ2v) is 7.62. The molecule has 0 N–H and O–H groups in total. The molecule has 140 valence electrons. The van der Waals surface area contributed by atoms with Crippen molar-refractivity contribution in [1.29, 1.82) is 0 Å². The van der Waals surface area contributed by atoms with Crippen molar-refractivity contribution in [3.05, 3.63) is 124 Å². The Morgan fingerprint density at radius 1 is 0.929 bits per heavy atom. The molecule has 0 saturated heterocycles. The minimum absolute atomic E-state index is 0. The van der Waals surface area contributed by atoms with Gasteiger partial charge in [0.2, 0.25) is 0 Å². The van der Waals surface area contributed by atoms with Gasteiger partial charge in [0.15, 0.2) is 0 Å². The van der Waals surface area contributed by atoms with E-state index in [1.807, 2.05) is 48.5 Å². The summed E-state index contributed by atoms with van der Waals surface area (Å²) in [6.07, 6.45) is 0. The Bertz CT molecular complexity index is 1030. The van der Waals surface area contributed by atoms with Gasteiger partial charge in [-0.1, -0.05) is 29.8 Å². The third-order valence-corrected chi connectivity index (χ3v) is 5.55. The normalized spacial score (nSPS) is 11.3. The Labute approximate surface area is 184 Å². The maximum atomic E-state index is 6.11. The molecule has 0 saturated carbocycles. The quantitative estimate of drug-likeness (QED) is 0.211. The summed E-state index contributed by atoms with van der Waals surface area (Å²) in [6, 6.07) is 32.8. The van der Waals surface area contributed by atoms with Gasteiger partial charge in [0.05, 0.1) is 5.52 Å². The number of hydrogen-bond donors (Lipinski definition) is 0. The molecule has 0 bridgehead atoms. The van der Waals surface area contributed by atoms with Gasteiger partial charge in [0.1, 0.15) is 0 Å². The number of benzene rings is 1. The van der Waals surface area contributed by atoms with Crippen molar-refractivity contribution in [1.82, 2.24) is 4.98 Å². The number of halogens is 1. The molecular weight excluding hydrogens is 426 g/mol. The van der Waals surface area contributed by atoms with Gasteiger partial charge in [-0.15, -0.1) is 16.9 Å². The molecule has 0 aliphatic rings. The second kappa shape index (κ2) is 9.86. The summed E-state index contributed by atoms with van der Waals surface area (Å²) >= 11 is 7.88. The van der Waals surface area contributed by atoms with Crippen molar-refractivity contribution in [2.75, 3.05) is 0 Å². The minimum Gasteiger partial charge on any atom is -0.253 e. The van der Waals surface area contributed by atoms with Gasteiger partial charge in [-0.3, -0.25) is 4.98 Å². The largest absolute Gasteiger partial charge is 2.00 e. The number of nitrogens with zero attached hydrogens (tertiary/aromatic N) is 1. The average molecular weight is 444 g/mol. The van der Waals surface area contributed by atoms with Crippen LogP contribution in [0.5, 0.6) is 0 Å². The fraction of sp³-hybridized carbons (Fsp3) is 0.0417. The van der Waals surface area contributed by atoms with Crippen LogP contribution in [0.2, 0.25) is 5.02 Å².